The molecular weight excluding hydrogens is 234 g/mol. The number of hydrogen-bond donors (Lipinski definition) is 2. The highest BCUT2D eigenvalue weighted by atomic mass is 16.4. The number of hydrogen-bond acceptors (Lipinski definition) is 2. The summed E-state index contributed by atoms with van der Waals surface area (Å²) in [7, 11) is 1.63. The van der Waals surface area contributed by atoms with E-state index in [4.69, 9.17) is 5.11 Å². The molecule has 1 heterocycles. The highest BCUT2D eigenvalue weighted by molar-refractivity contribution is 6.06. The fraction of sp³-hybridized carbons (Fsp3) is 0.0769. The number of nitrogens with zero attached hydrogens (tertiary/aromatic N) is 1. The molecule has 2 aromatic rings. The molecule has 5 nitrogen and oxygen atoms in total. The summed E-state index contributed by atoms with van der Waals surface area (Å²) in [4.78, 5) is 22.3. The van der Waals surface area contributed by atoms with Gasteiger partial charge in [0.2, 0.25) is 0 Å². The second kappa shape index (κ2) is 4.37. The molecule has 1 aromatic carbocycles. The van der Waals surface area contributed by atoms with Crippen LogP contribution < -0.4 is 0 Å². The van der Waals surface area contributed by atoms with Gasteiger partial charge < -0.3 is 14.8 Å². The van der Waals surface area contributed by atoms with Crippen LogP contribution in [0.2, 0.25) is 0 Å². The van der Waals surface area contributed by atoms with E-state index >= 15 is 0 Å². The van der Waals surface area contributed by atoms with Crippen LogP contribution in [0.15, 0.2) is 36.5 Å². The summed E-state index contributed by atoms with van der Waals surface area (Å²) in [6.07, 6.45) is 1.31. The third-order valence-electron chi connectivity index (χ3n) is 2.67. The van der Waals surface area contributed by atoms with Gasteiger partial charge in [0.05, 0.1) is 16.8 Å². The first kappa shape index (κ1) is 11.9. The lowest BCUT2D eigenvalue weighted by molar-refractivity contribution is 0.0653. The first-order chi connectivity index (χ1) is 8.52. The van der Waals surface area contributed by atoms with Crippen LogP contribution in [0.5, 0.6) is 0 Å². The Kier molecular flexibility index (Phi) is 2.89. The van der Waals surface area contributed by atoms with E-state index in [9.17, 15) is 14.7 Å². The summed E-state index contributed by atoms with van der Waals surface area (Å²) in [5.74, 6) is -2.49. The molecule has 0 aliphatic heterocycles. The molecule has 2 N–H and O–H groups in total. The van der Waals surface area contributed by atoms with Gasteiger partial charge >= 0.3 is 11.9 Å². The van der Waals surface area contributed by atoms with E-state index in [0.717, 1.165) is 0 Å². The third kappa shape index (κ3) is 1.86. The number of carboxylic acid groups (broad SMARTS) is 2. The smallest absolute Gasteiger partial charge is 0.338 e. The summed E-state index contributed by atoms with van der Waals surface area (Å²) in [5, 5.41) is 18.2. The highest BCUT2D eigenvalue weighted by Gasteiger charge is 2.25. The standard InChI is InChI=1S/C13H11NO4/c1-14-7-9(12(15)16)10(13(17)18)11(14)8-5-3-2-4-6-8/h2-7H,1H3,(H,15,16)(H,17,18). The van der Waals surface area contributed by atoms with Gasteiger partial charge in [-0.05, 0) is 5.56 Å². The molecule has 0 radical (unpaired) electrons. The van der Waals surface area contributed by atoms with Crippen LogP contribution in [0, 0.1) is 0 Å². The SMILES string of the molecule is Cn1cc(C(=O)O)c(C(=O)O)c1-c1ccccc1. The molecule has 0 bridgehead atoms. The van der Waals surface area contributed by atoms with E-state index in [1.54, 1.807) is 31.3 Å². The van der Waals surface area contributed by atoms with Gasteiger partial charge in [-0.25, -0.2) is 9.59 Å². The number of carboxylic acids is 2. The zero-order valence-corrected chi connectivity index (χ0v) is 9.62. The Morgan fingerprint density at radius 2 is 1.67 bits per heavy atom. The Balaban J connectivity index is 2.75. The largest absolute Gasteiger partial charge is 0.478 e. The number of benzene rings is 1. The summed E-state index contributed by atoms with van der Waals surface area (Å²) in [5.41, 5.74) is 0.672. The van der Waals surface area contributed by atoms with Crippen LogP contribution in [0.25, 0.3) is 11.3 Å². The molecule has 0 aliphatic carbocycles. The van der Waals surface area contributed by atoms with Gasteiger partial charge in [-0.3, -0.25) is 0 Å². The number of rotatable bonds is 3. The lowest BCUT2D eigenvalue weighted by Gasteiger charge is -2.05. The van der Waals surface area contributed by atoms with Crippen molar-refractivity contribution in [2.45, 2.75) is 0 Å². The first-order valence-corrected chi connectivity index (χ1v) is 5.23. The fourth-order valence-electron chi connectivity index (χ4n) is 1.95. The van der Waals surface area contributed by atoms with Gasteiger partial charge in [-0.1, -0.05) is 30.3 Å². The van der Waals surface area contributed by atoms with Crippen molar-refractivity contribution in [3.8, 4) is 11.3 Å². The maximum absolute atomic E-state index is 11.3. The predicted octanol–water partition coefficient (Wildman–Crippen LogP) is 2.09. The van der Waals surface area contributed by atoms with E-state index in [-0.39, 0.29) is 11.1 Å². The highest BCUT2D eigenvalue weighted by Crippen LogP contribution is 2.27. The Bertz CT molecular complexity index is 613. The zero-order valence-electron chi connectivity index (χ0n) is 9.62. The van der Waals surface area contributed by atoms with Crippen molar-refractivity contribution in [1.82, 2.24) is 4.57 Å². The second-order valence-corrected chi connectivity index (χ2v) is 3.85. The van der Waals surface area contributed by atoms with E-state index in [2.05, 4.69) is 0 Å². The Morgan fingerprint density at radius 3 is 2.17 bits per heavy atom. The van der Waals surface area contributed by atoms with Gasteiger partial charge in [0.1, 0.15) is 0 Å². The van der Waals surface area contributed by atoms with E-state index in [0.29, 0.717) is 11.3 Å². The summed E-state index contributed by atoms with van der Waals surface area (Å²) >= 11 is 0. The summed E-state index contributed by atoms with van der Waals surface area (Å²) in [6, 6.07) is 8.84. The van der Waals surface area contributed by atoms with Crippen molar-refractivity contribution in [1.29, 1.82) is 0 Å². The molecule has 0 aliphatic rings. The van der Waals surface area contributed by atoms with E-state index in [1.165, 1.54) is 10.8 Å². The minimum absolute atomic E-state index is 0.184. The molecule has 92 valence electrons. The topological polar surface area (TPSA) is 79.5 Å². The molecule has 0 amide bonds. The van der Waals surface area contributed by atoms with Crippen molar-refractivity contribution in [2.24, 2.45) is 7.05 Å². The van der Waals surface area contributed by atoms with Gasteiger partial charge in [0.15, 0.2) is 0 Å². The maximum atomic E-state index is 11.3. The van der Waals surface area contributed by atoms with Gasteiger partial charge in [0.25, 0.3) is 0 Å². The third-order valence-corrected chi connectivity index (χ3v) is 2.67. The quantitative estimate of drug-likeness (QED) is 0.867. The number of aromatic carboxylic acids is 2. The Hall–Kier alpha value is -2.56. The number of aryl methyl sites for hydroxylation is 1. The second-order valence-electron chi connectivity index (χ2n) is 3.85. The first-order valence-electron chi connectivity index (χ1n) is 5.23. The molecule has 0 saturated heterocycles. The van der Waals surface area contributed by atoms with Crippen LogP contribution in [0.4, 0.5) is 0 Å². The average Bonchev–Trinajstić information content (AvgIpc) is 2.68. The van der Waals surface area contributed by atoms with Crippen LogP contribution >= 0.6 is 0 Å². The predicted molar refractivity (Wildman–Crippen MR) is 64.8 cm³/mol. The minimum atomic E-state index is -1.25. The molecule has 2 rings (SSSR count). The van der Waals surface area contributed by atoms with Gasteiger partial charge in [-0.2, -0.15) is 0 Å². The summed E-state index contributed by atoms with van der Waals surface area (Å²) < 4.78 is 1.52. The van der Waals surface area contributed by atoms with Crippen molar-refractivity contribution >= 4 is 11.9 Å². The van der Waals surface area contributed by atoms with E-state index < -0.39 is 11.9 Å². The molecule has 0 fully saturated rings. The molecule has 0 unspecified atom stereocenters. The maximum Gasteiger partial charge on any atom is 0.338 e. The lowest BCUT2D eigenvalue weighted by atomic mass is 10.0. The Labute approximate surface area is 103 Å². The average molecular weight is 245 g/mol. The molecule has 0 atom stereocenters. The van der Waals surface area contributed by atoms with Crippen molar-refractivity contribution in [3.63, 3.8) is 0 Å². The molecule has 18 heavy (non-hydrogen) atoms. The summed E-state index contributed by atoms with van der Waals surface area (Å²) in [6.45, 7) is 0. The fourth-order valence-corrected chi connectivity index (χ4v) is 1.95. The number of carbonyl (C=O) groups is 2. The van der Waals surface area contributed by atoms with E-state index in [1.807, 2.05) is 6.07 Å². The Morgan fingerprint density at radius 1 is 1.06 bits per heavy atom. The van der Waals surface area contributed by atoms with Crippen LogP contribution in [-0.4, -0.2) is 26.7 Å². The number of aromatic nitrogens is 1. The van der Waals surface area contributed by atoms with Crippen LogP contribution in [-0.2, 0) is 7.05 Å². The van der Waals surface area contributed by atoms with Crippen molar-refractivity contribution in [3.05, 3.63) is 47.7 Å². The molecule has 1 aromatic heterocycles. The lowest BCUT2D eigenvalue weighted by Crippen LogP contribution is -2.06. The molecule has 0 spiro atoms. The van der Waals surface area contributed by atoms with Crippen LogP contribution in [0.1, 0.15) is 20.7 Å². The zero-order chi connectivity index (χ0) is 13.3. The van der Waals surface area contributed by atoms with Crippen molar-refractivity contribution in [2.75, 3.05) is 0 Å². The molecular formula is C13H11NO4. The molecule has 5 heteroatoms. The monoisotopic (exact) mass is 245 g/mol. The van der Waals surface area contributed by atoms with Crippen LogP contribution in [0.3, 0.4) is 0 Å². The normalized spacial score (nSPS) is 10.3. The minimum Gasteiger partial charge on any atom is -0.478 e. The molecule has 0 saturated carbocycles. The van der Waals surface area contributed by atoms with Crippen molar-refractivity contribution < 1.29 is 19.8 Å². The van der Waals surface area contributed by atoms with Gasteiger partial charge in [0, 0.05) is 13.2 Å². The van der Waals surface area contributed by atoms with Gasteiger partial charge in [-0.15, -0.1) is 0 Å².